The van der Waals surface area contributed by atoms with E-state index in [-0.39, 0.29) is 0 Å². The van der Waals surface area contributed by atoms with Crippen molar-refractivity contribution in [3.05, 3.63) is 16.9 Å². The number of halogens is 1. The van der Waals surface area contributed by atoms with Gasteiger partial charge < -0.3 is 11.1 Å². The molecule has 0 saturated heterocycles. The van der Waals surface area contributed by atoms with Crippen LogP contribution in [0, 0.1) is 5.92 Å². The van der Waals surface area contributed by atoms with E-state index in [9.17, 15) is 0 Å². The van der Waals surface area contributed by atoms with E-state index in [1.807, 2.05) is 0 Å². The summed E-state index contributed by atoms with van der Waals surface area (Å²) in [5, 5.41) is 3.39. The maximum absolute atomic E-state index is 5.79. The second-order valence-electron chi connectivity index (χ2n) is 3.55. The van der Waals surface area contributed by atoms with E-state index in [0.29, 0.717) is 11.7 Å². The number of aromatic nitrogens is 1. The van der Waals surface area contributed by atoms with Crippen LogP contribution in [0.1, 0.15) is 13.3 Å². The van der Waals surface area contributed by atoms with E-state index in [0.717, 1.165) is 16.1 Å². The average molecular weight is 242 g/mol. The molecule has 2 unspecified atom stereocenters. The van der Waals surface area contributed by atoms with Gasteiger partial charge in [0.25, 0.3) is 0 Å². The lowest BCUT2D eigenvalue weighted by molar-refractivity contribution is 0.928. The molecule has 1 fully saturated rings. The van der Waals surface area contributed by atoms with Crippen LogP contribution in [-0.4, -0.2) is 11.0 Å². The van der Waals surface area contributed by atoms with Crippen LogP contribution in [-0.2, 0) is 0 Å². The molecule has 0 aliphatic heterocycles. The molecule has 1 aromatic rings. The van der Waals surface area contributed by atoms with Crippen molar-refractivity contribution in [1.82, 2.24) is 4.98 Å². The van der Waals surface area contributed by atoms with Crippen molar-refractivity contribution < 1.29 is 0 Å². The normalized spacial score (nSPS) is 25.7. The fourth-order valence-corrected chi connectivity index (χ4v) is 1.77. The average Bonchev–Trinajstić information content (AvgIpc) is 2.75. The number of rotatable bonds is 2. The second-order valence-corrected chi connectivity index (χ2v) is 4.40. The molecule has 2 rings (SSSR count). The van der Waals surface area contributed by atoms with Gasteiger partial charge >= 0.3 is 0 Å². The van der Waals surface area contributed by atoms with Crippen LogP contribution in [0.2, 0.25) is 0 Å². The third kappa shape index (κ3) is 1.77. The molecule has 4 heteroatoms. The van der Waals surface area contributed by atoms with Gasteiger partial charge in [0.1, 0.15) is 0 Å². The second kappa shape index (κ2) is 3.18. The van der Waals surface area contributed by atoms with Crippen molar-refractivity contribution in [3.8, 4) is 0 Å². The Balaban J connectivity index is 2.18. The maximum Gasteiger partial charge on any atom is 0.0752 e. The Hall–Kier alpha value is -0.770. The molecule has 1 heterocycles. The molecule has 70 valence electrons. The molecular weight excluding hydrogens is 230 g/mol. The molecule has 1 aliphatic rings. The summed E-state index contributed by atoms with van der Waals surface area (Å²) in [4.78, 5) is 3.98. The van der Waals surface area contributed by atoms with E-state index < -0.39 is 0 Å². The first-order valence-corrected chi connectivity index (χ1v) is 5.13. The molecule has 3 nitrogen and oxygen atoms in total. The van der Waals surface area contributed by atoms with Gasteiger partial charge in [0.05, 0.1) is 22.0 Å². The lowest BCUT2D eigenvalue weighted by Gasteiger charge is -2.09. The summed E-state index contributed by atoms with van der Waals surface area (Å²) in [5.41, 5.74) is 7.47. The first kappa shape index (κ1) is 8.81. The van der Waals surface area contributed by atoms with Crippen molar-refractivity contribution in [2.45, 2.75) is 19.4 Å². The number of nitrogens with zero attached hydrogens (tertiary/aromatic N) is 1. The van der Waals surface area contributed by atoms with Crippen molar-refractivity contribution in [3.63, 3.8) is 0 Å². The molecular formula is C9H12BrN3. The summed E-state index contributed by atoms with van der Waals surface area (Å²) in [6, 6.07) is 0.584. The van der Waals surface area contributed by atoms with Gasteiger partial charge in [0.2, 0.25) is 0 Å². The Kier molecular flexibility index (Phi) is 2.15. The Morgan fingerprint density at radius 2 is 2.31 bits per heavy atom. The van der Waals surface area contributed by atoms with Gasteiger partial charge in [-0.3, -0.25) is 4.98 Å². The summed E-state index contributed by atoms with van der Waals surface area (Å²) in [5.74, 6) is 0.763. The predicted molar refractivity (Wildman–Crippen MR) is 57.5 cm³/mol. The smallest absolute Gasteiger partial charge is 0.0752 e. The molecule has 0 amide bonds. The summed E-state index contributed by atoms with van der Waals surface area (Å²) >= 11 is 3.42. The van der Waals surface area contributed by atoms with Crippen LogP contribution in [0.25, 0.3) is 0 Å². The third-order valence-electron chi connectivity index (χ3n) is 2.37. The van der Waals surface area contributed by atoms with Crippen molar-refractivity contribution in [2.75, 3.05) is 11.1 Å². The van der Waals surface area contributed by atoms with E-state index in [1.54, 1.807) is 12.4 Å². The Morgan fingerprint density at radius 1 is 1.62 bits per heavy atom. The van der Waals surface area contributed by atoms with Gasteiger partial charge in [0.15, 0.2) is 0 Å². The lowest BCUT2D eigenvalue weighted by Crippen LogP contribution is -2.07. The summed E-state index contributed by atoms with van der Waals surface area (Å²) in [6.45, 7) is 2.23. The third-order valence-corrected chi connectivity index (χ3v) is 2.97. The molecule has 1 aromatic heterocycles. The minimum atomic E-state index is 0.584. The highest BCUT2D eigenvalue weighted by atomic mass is 79.9. The van der Waals surface area contributed by atoms with Gasteiger partial charge in [-0.15, -0.1) is 0 Å². The number of hydrogen-bond acceptors (Lipinski definition) is 3. The standard InChI is InChI=1S/C9H12BrN3/c1-5-2-8(5)13-9-6(10)3-12-4-7(9)11/h3-5,8H,2,11H2,1H3,(H,12,13). The maximum atomic E-state index is 5.79. The number of pyridine rings is 1. The summed E-state index contributed by atoms with van der Waals surface area (Å²) < 4.78 is 0.937. The predicted octanol–water partition coefficient (Wildman–Crippen LogP) is 2.25. The fourth-order valence-electron chi connectivity index (χ4n) is 1.31. The highest BCUT2D eigenvalue weighted by Crippen LogP contribution is 2.36. The fraction of sp³-hybridized carbons (Fsp3) is 0.444. The van der Waals surface area contributed by atoms with Gasteiger partial charge in [-0.05, 0) is 28.3 Å². The van der Waals surface area contributed by atoms with Crippen LogP contribution >= 0.6 is 15.9 Å². The Bertz CT molecular complexity index is 306. The zero-order chi connectivity index (χ0) is 9.42. The van der Waals surface area contributed by atoms with E-state index >= 15 is 0 Å². The van der Waals surface area contributed by atoms with Crippen molar-refractivity contribution in [1.29, 1.82) is 0 Å². The Morgan fingerprint density at radius 3 is 2.85 bits per heavy atom. The number of hydrogen-bond donors (Lipinski definition) is 2. The van der Waals surface area contributed by atoms with Gasteiger partial charge in [-0.1, -0.05) is 6.92 Å². The highest BCUT2D eigenvalue weighted by molar-refractivity contribution is 9.10. The van der Waals surface area contributed by atoms with E-state index in [2.05, 4.69) is 33.2 Å². The SMILES string of the molecule is CC1CC1Nc1c(N)cncc1Br. The van der Waals surface area contributed by atoms with Crippen LogP contribution in [0.3, 0.4) is 0 Å². The van der Waals surface area contributed by atoms with Crippen LogP contribution < -0.4 is 11.1 Å². The van der Waals surface area contributed by atoms with Gasteiger partial charge in [0, 0.05) is 12.2 Å². The molecule has 0 radical (unpaired) electrons. The lowest BCUT2D eigenvalue weighted by atomic mass is 10.3. The molecule has 0 spiro atoms. The molecule has 3 N–H and O–H groups in total. The quantitative estimate of drug-likeness (QED) is 0.836. The highest BCUT2D eigenvalue weighted by Gasteiger charge is 2.33. The summed E-state index contributed by atoms with van der Waals surface area (Å²) in [6.07, 6.45) is 4.65. The first-order valence-electron chi connectivity index (χ1n) is 4.34. The molecule has 13 heavy (non-hydrogen) atoms. The minimum absolute atomic E-state index is 0.584. The number of anilines is 2. The molecule has 0 aromatic carbocycles. The van der Waals surface area contributed by atoms with Crippen LogP contribution in [0.15, 0.2) is 16.9 Å². The largest absolute Gasteiger partial charge is 0.396 e. The molecule has 2 atom stereocenters. The molecule has 1 aliphatic carbocycles. The molecule has 0 bridgehead atoms. The monoisotopic (exact) mass is 241 g/mol. The zero-order valence-corrected chi connectivity index (χ0v) is 9.01. The van der Waals surface area contributed by atoms with Crippen LogP contribution in [0.4, 0.5) is 11.4 Å². The first-order chi connectivity index (χ1) is 6.18. The van der Waals surface area contributed by atoms with Gasteiger partial charge in [-0.2, -0.15) is 0 Å². The summed E-state index contributed by atoms with van der Waals surface area (Å²) in [7, 11) is 0. The number of nitrogens with two attached hydrogens (primary N) is 1. The van der Waals surface area contributed by atoms with Gasteiger partial charge in [-0.25, -0.2) is 0 Å². The topological polar surface area (TPSA) is 50.9 Å². The Labute approximate surface area is 85.9 Å². The number of nitrogen functional groups attached to an aromatic ring is 1. The van der Waals surface area contributed by atoms with Crippen LogP contribution in [0.5, 0.6) is 0 Å². The van der Waals surface area contributed by atoms with E-state index in [1.165, 1.54) is 6.42 Å². The molecule has 1 saturated carbocycles. The van der Waals surface area contributed by atoms with Crippen molar-refractivity contribution in [2.24, 2.45) is 5.92 Å². The van der Waals surface area contributed by atoms with E-state index in [4.69, 9.17) is 5.73 Å². The minimum Gasteiger partial charge on any atom is -0.396 e. The van der Waals surface area contributed by atoms with Crippen molar-refractivity contribution >= 4 is 27.3 Å². The zero-order valence-electron chi connectivity index (χ0n) is 7.42. The number of nitrogens with one attached hydrogen (secondary N) is 1.